The molecular formula is C101H68N2. The highest BCUT2D eigenvalue weighted by Crippen LogP contribution is 2.67. The largest absolute Gasteiger partial charge is 0.310 e. The highest BCUT2D eigenvalue weighted by molar-refractivity contribution is 6.03. The number of nitrogens with zero attached hydrogens (tertiary/aromatic N) is 2. The van der Waals surface area contributed by atoms with Gasteiger partial charge in [0.25, 0.3) is 0 Å². The van der Waals surface area contributed by atoms with Crippen LogP contribution in [0.15, 0.2) is 376 Å². The summed E-state index contributed by atoms with van der Waals surface area (Å²) >= 11 is 0. The molecule has 0 saturated heterocycles. The Balaban J connectivity index is 0.661. The van der Waals surface area contributed by atoms with Gasteiger partial charge in [-0.3, -0.25) is 0 Å². The predicted molar refractivity (Wildman–Crippen MR) is 428 cm³/mol. The van der Waals surface area contributed by atoms with E-state index in [1.165, 1.54) is 150 Å². The summed E-state index contributed by atoms with van der Waals surface area (Å²) in [6, 6.07) is 142. The van der Waals surface area contributed by atoms with Crippen LogP contribution >= 0.6 is 0 Å². The molecule has 0 saturated carbocycles. The molecule has 0 fully saturated rings. The number of benzene rings is 16. The topological polar surface area (TPSA) is 6.48 Å². The molecule has 0 amide bonds. The van der Waals surface area contributed by atoms with Gasteiger partial charge in [0, 0.05) is 39.4 Å². The van der Waals surface area contributed by atoms with Crippen LogP contribution in [0.25, 0.3) is 100 Å². The molecule has 16 aromatic rings. The smallest absolute Gasteiger partial charge is 0.0726 e. The van der Waals surface area contributed by atoms with E-state index in [1.807, 2.05) is 0 Å². The van der Waals surface area contributed by atoms with Crippen molar-refractivity contribution in [1.82, 2.24) is 0 Å². The summed E-state index contributed by atoms with van der Waals surface area (Å²) in [7, 11) is 0. The Morgan fingerprint density at radius 2 is 0.485 bits per heavy atom. The molecule has 0 bridgehead atoms. The summed E-state index contributed by atoms with van der Waals surface area (Å²) in [5.41, 5.74) is 41.2. The summed E-state index contributed by atoms with van der Waals surface area (Å²) in [5, 5.41) is 0. The first-order valence-corrected chi connectivity index (χ1v) is 36.1. The summed E-state index contributed by atoms with van der Waals surface area (Å²) in [6.07, 6.45) is 0. The summed E-state index contributed by atoms with van der Waals surface area (Å²) < 4.78 is 0. The molecule has 1 unspecified atom stereocenters. The zero-order chi connectivity index (χ0) is 68.1. The second-order valence-corrected chi connectivity index (χ2v) is 28.9. The number of fused-ring (bicyclic) bond motifs is 23. The Kier molecular flexibility index (Phi) is 12.9. The average molecular weight is 1310 g/mol. The first kappa shape index (κ1) is 59.0. The minimum absolute atomic E-state index is 0.184. The van der Waals surface area contributed by atoms with E-state index in [-0.39, 0.29) is 5.41 Å². The number of anilines is 6. The van der Waals surface area contributed by atoms with Gasteiger partial charge in [0.05, 0.1) is 16.5 Å². The van der Waals surface area contributed by atoms with E-state index < -0.39 is 10.8 Å². The molecule has 103 heavy (non-hydrogen) atoms. The van der Waals surface area contributed by atoms with Crippen molar-refractivity contribution in [3.63, 3.8) is 0 Å². The number of hydrogen-bond donors (Lipinski definition) is 0. The van der Waals surface area contributed by atoms with Crippen molar-refractivity contribution in [2.75, 3.05) is 9.80 Å². The normalized spacial score (nSPS) is 14.9. The molecule has 5 aliphatic carbocycles. The third kappa shape index (κ3) is 8.50. The molecule has 482 valence electrons. The molecule has 0 radical (unpaired) electrons. The van der Waals surface area contributed by atoms with E-state index in [0.717, 1.165) is 39.7 Å². The molecule has 16 aromatic carbocycles. The van der Waals surface area contributed by atoms with Gasteiger partial charge in [-0.05, 0) is 229 Å². The van der Waals surface area contributed by atoms with Gasteiger partial charge in [0.2, 0.25) is 0 Å². The first-order valence-electron chi connectivity index (χ1n) is 36.1. The van der Waals surface area contributed by atoms with E-state index >= 15 is 0 Å². The van der Waals surface area contributed by atoms with Gasteiger partial charge < -0.3 is 9.80 Å². The highest BCUT2D eigenvalue weighted by Gasteiger charge is 2.54. The van der Waals surface area contributed by atoms with Crippen molar-refractivity contribution in [1.29, 1.82) is 0 Å². The van der Waals surface area contributed by atoms with Crippen molar-refractivity contribution in [3.05, 3.63) is 432 Å². The van der Waals surface area contributed by atoms with Crippen LogP contribution in [0.2, 0.25) is 0 Å². The van der Waals surface area contributed by atoms with Crippen LogP contribution in [0.5, 0.6) is 0 Å². The van der Waals surface area contributed by atoms with Crippen LogP contribution in [0, 0.1) is 0 Å². The minimum Gasteiger partial charge on any atom is -0.310 e. The molecule has 1 atom stereocenters. The van der Waals surface area contributed by atoms with E-state index in [0.29, 0.717) is 0 Å². The molecule has 2 spiro atoms. The average Bonchev–Trinajstić information content (AvgIpc) is 1.51. The quantitative estimate of drug-likeness (QED) is 0.135. The van der Waals surface area contributed by atoms with Crippen molar-refractivity contribution in [2.45, 2.75) is 30.1 Å². The third-order valence-corrected chi connectivity index (χ3v) is 23.5. The standard InChI is InChI=1S/C101H68N2/c1-99(2)87-35-15-9-29-78(87)83-58-56-77(64-96(83)99)103(97-42-22-41-95-98(97)84-34-14-20-40-92(84)101(95)88-36-16-10-30-79(88)80-31-11-17-37-89(80)101)75-54-47-69(48-55-75)70-27-21-28-71(61-70)72-49-59-93-85(62-72)81-32-12-18-38-90(81)100(93)91-39-19-13-33-82(91)86-63-76(57-60-94(86)100)102(73-50-43-67(44-51-73)65-23-5-3-6-24-65)74-52-45-68(46-53-74)66-25-7-4-8-26-66/h3-64H,1-2H3. The Hall–Kier alpha value is -12.9. The molecule has 2 nitrogen and oxygen atoms in total. The third-order valence-electron chi connectivity index (χ3n) is 23.5. The lowest BCUT2D eigenvalue weighted by Crippen LogP contribution is -2.26. The van der Waals surface area contributed by atoms with E-state index in [9.17, 15) is 0 Å². The Labute approximate surface area is 602 Å². The molecule has 21 rings (SSSR count). The van der Waals surface area contributed by atoms with Gasteiger partial charge in [-0.2, -0.15) is 0 Å². The SMILES string of the molecule is CC1(C)c2ccccc2-c2ccc(N(c3ccc(-c4cccc(-c5ccc6c(c5)-c5ccccc5C65c6ccccc6-c6cc(N(c7ccc(-c8ccccc8)cc7)c7ccc(-c8ccccc8)cc7)ccc65)c4)cc3)c3cccc4c3-c3ccccc3C43c4ccccc4-c4ccccc43)cc21. The maximum absolute atomic E-state index is 2.54. The minimum atomic E-state index is -0.523. The number of hydrogen-bond acceptors (Lipinski definition) is 2. The molecule has 0 N–H and O–H groups in total. The van der Waals surface area contributed by atoms with Crippen molar-refractivity contribution in [2.24, 2.45) is 0 Å². The van der Waals surface area contributed by atoms with E-state index in [1.54, 1.807) is 0 Å². The molecule has 2 heteroatoms. The van der Waals surface area contributed by atoms with Gasteiger partial charge >= 0.3 is 0 Å². The monoisotopic (exact) mass is 1310 g/mol. The maximum atomic E-state index is 2.54. The van der Waals surface area contributed by atoms with Crippen molar-refractivity contribution < 1.29 is 0 Å². The van der Waals surface area contributed by atoms with Crippen molar-refractivity contribution in [3.8, 4) is 100 Å². The van der Waals surface area contributed by atoms with Gasteiger partial charge in [-0.1, -0.05) is 311 Å². The Bertz CT molecular complexity index is 6010. The van der Waals surface area contributed by atoms with Crippen LogP contribution in [-0.2, 0) is 16.2 Å². The van der Waals surface area contributed by atoms with Crippen molar-refractivity contribution >= 4 is 34.1 Å². The fourth-order valence-corrected chi connectivity index (χ4v) is 19.0. The van der Waals surface area contributed by atoms with Gasteiger partial charge in [0.15, 0.2) is 0 Å². The maximum Gasteiger partial charge on any atom is 0.0726 e. The molecule has 0 heterocycles. The highest BCUT2D eigenvalue weighted by atomic mass is 15.2. The Morgan fingerprint density at radius 3 is 1.03 bits per heavy atom. The predicted octanol–water partition coefficient (Wildman–Crippen LogP) is 26.3. The zero-order valence-corrected chi connectivity index (χ0v) is 57.2. The fraction of sp³-hybridized carbons (Fsp3) is 0.0495. The summed E-state index contributed by atoms with van der Waals surface area (Å²) in [5.74, 6) is 0. The molecule has 5 aliphatic rings. The Morgan fingerprint density at radius 1 is 0.175 bits per heavy atom. The van der Waals surface area contributed by atoms with Crippen LogP contribution in [0.4, 0.5) is 34.1 Å². The van der Waals surface area contributed by atoms with Crippen LogP contribution < -0.4 is 9.80 Å². The second kappa shape index (κ2) is 22.6. The zero-order valence-electron chi connectivity index (χ0n) is 57.2. The molecule has 0 aromatic heterocycles. The van der Waals surface area contributed by atoms with Gasteiger partial charge in [-0.15, -0.1) is 0 Å². The lowest BCUT2D eigenvalue weighted by Gasteiger charge is -2.32. The van der Waals surface area contributed by atoms with E-state index in [4.69, 9.17) is 0 Å². The van der Waals surface area contributed by atoms with Gasteiger partial charge in [-0.25, -0.2) is 0 Å². The lowest BCUT2D eigenvalue weighted by molar-refractivity contribution is 0.660. The summed E-state index contributed by atoms with van der Waals surface area (Å²) in [6.45, 7) is 4.78. The van der Waals surface area contributed by atoms with Crippen LogP contribution in [0.3, 0.4) is 0 Å². The summed E-state index contributed by atoms with van der Waals surface area (Å²) in [4.78, 5) is 4.97. The van der Waals surface area contributed by atoms with Crippen LogP contribution in [0.1, 0.15) is 69.5 Å². The van der Waals surface area contributed by atoms with Crippen LogP contribution in [-0.4, -0.2) is 0 Å². The second-order valence-electron chi connectivity index (χ2n) is 28.9. The fourth-order valence-electron chi connectivity index (χ4n) is 19.0. The van der Waals surface area contributed by atoms with E-state index in [2.05, 4.69) is 400 Å². The van der Waals surface area contributed by atoms with Gasteiger partial charge in [0.1, 0.15) is 0 Å². The molecular weight excluding hydrogens is 1240 g/mol. The first-order chi connectivity index (χ1) is 50.8. The molecule has 0 aliphatic heterocycles. The lowest BCUT2D eigenvalue weighted by atomic mass is 9.70. The number of rotatable bonds is 10.